The van der Waals surface area contributed by atoms with Gasteiger partial charge in [0, 0.05) is 38.0 Å². The number of amides is 2. The zero-order valence-corrected chi connectivity index (χ0v) is 17.5. The number of piperidine rings is 1. The largest absolute Gasteiger partial charge is 0.371 e. The summed E-state index contributed by atoms with van der Waals surface area (Å²) in [5, 5.41) is 0. The zero-order valence-electron chi connectivity index (χ0n) is 17.5. The van der Waals surface area contributed by atoms with Crippen molar-refractivity contribution in [3.05, 3.63) is 0 Å². The molecule has 5 aliphatic rings. The van der Waals surface area contributed by atoms with Gasteiger partial charge >= 0.3 is 0 Å². The van der Waals surface area contributed by atoms with E-state index in [2.05, 4.69) is 16.7 Å². The number of nitrogens with zero attached hydrogens (tertiary/aromatic N) is 2. The Morgan fingerprint density at radius 2 is 1.75 bits per heavy atom. The molecule has 0 aromatic heterocycles. The molecule has 0 aromatic carbocycles. The molecule has 28 heavy (non-hydrogen) atoms. The molecule has 2 heterocycles. The number of carbonyl (C=O) groups excluding carboxylic acids is 2. The maximum atomic E-state index is 13.2. The van der Waals surface area contributed by atoms with Gasteiger partial charge in [-0.1, -0.05) is 19.8 Å². The highest BCUT2D eigenvalue weighted by Gasteiger charge is 2.49. The van der Waals surface area contributed by atoms with Gasteiger partial charge in [0.1, 0.15) is 0 Å². The number of carbonyl (C=O) groups is 2. The minimum atomic E-state index is -0.228. The van der Waals surface area contributed by atoms with Gasteiger partial charge in [0.15, 0.2) is 0 Å². The van der Waals surface area contributed by atoms with Crippen molar-refractivity contribution in [1.82, 2.24) is 9.80 Å². The number of likely N-dealkylation sites (tertiary alicyclic amines) is 1. The molecular weight excluding hydrogens is 352 g/mol. The Labute approximate surface area is 169 Å². The Balaban J connectivity index is 1.16. The quantitative estimate of drug-likeness (QED) is 0.746. The predicted molar refractivity (Wildman–Crippen MR) is 107 cm³/mol. The summed E-state index contributed by atoms with van der Waals surface area (Å²) < 4.78 is 6.24. The average molecular weight is 389 g/mol. The fourth-order valence-corrected chi connectivity index (χ4v) is 6.66. The van der Waals surface area contributed by atoms with Crippen LogP contribution in [0.1, 0.15) is 71.1 Å². The number of fused-ring (bicyclic) bond motifs is 1. The second kappa shape index (κ2) is 7.00. The maximum absolute atomic E-state index is 13.2. The van der Waals surface area contributed by atoms with Crippen LogP contribution >= 0.6 is 0 Å². The van der Waals surface area contributed by atoms with Crippen LogP contribution < -0.4 is 0 Å². The Bertz CT molecular complexity index is 634. The first-order valence-corrected chi connectivity index (χ1v) is 11.7. The van der Waals surface area contributed by atoms with Crippen molar-refractivity contribution in [3.8, 4) is 0 Å². The summed E-state index contributed by atoms with van der Waals surface area (Å²) >= 11 is 0. The van der Waals surface area contributed by atoms with Gasteiger partial charge in [-0.05, 0) is 62.7 Å². The fraction of sp³-hybridized carbons (Fsp3) is 0.913. The van der Waals surface area contributed by atoms with Crippen LogP contribution in [0.4, 0.5) is 0 Å². The molecule has 5 heteroatoms. The van der Waals surface area contributed by atoms with Gasteiger partial charge in [-0.25, -0.2) is 0 Å². The number of ether oxygens (including phenoxy) is 1. The van der Waals surface area contributed by atoms with Crippen molar-refractivity contribution in [2.45, 2.75) is 76.7 Å². The first-order valence-electron chi connectivity index (χ1n) is 11.7. The van der Waals surface area contributed by atoms with Crippen LogP contribution in [0.3, 0.4) is 0 Å². The first-order chi connectivity index (χ1) is 13.5. The molecule has 3 atom stereocenters. The normalized spacial score (nSPS) is 35.8. The van der Waals surface area contributed by atoms with Crippen LogP contribution in [0.25, 0.3) is 0 Å². The molecule has 0 aromatic rings. The van der Waals surface area contributed by atoms with Crippen LogP contribution in [-0.2, 0) is 14.3 Å². The molecule has 3 saturated carbocycles. The van der Waals surface area contributed by atoms with Crippen molar-refractivity contribution < 1.29 is 14.3 Å². The summed E-state index contributed by atoms with van der Waals surface area (Å²) in [6.07, 6.45) is 10.9. The van der Waals surface area contributed by atoms with Gasteiger partial charge in [0.2, 0.25) is 11.8 Å². The third kappa shape index (κ3) is 3.38. The van der Waals surface area contributed by atoms with Crippen LogP contribution in [0.2, 0.25) is 0 Å². The van der Waals surface area contributed by atoms with Crippen LogP contribution in [0.5, 0.6) is 0 Å². The lowest BCUT2D eigenvalue weighted by molar-refractivity contribution is -0.169. The minimum Gasteiger partial charge on any atom is -0.371 e. The number of morpholine rings is 1. The van der Waals surface area contributed by atoms with E-state index in [4.69, 9.17) is 4.74 Å². The molecule has 3 aliphatic carbocycles. The molecular formula is C23H36N2O3. The van der Waals surface area contributed by atoms with E-state index in [0.717, 1.165) is 70.1 Å². The Morgan fingerprint density at radius 3 is 2.39 bits per heavy atom. The van der Waals surface area contributed by atoms with Gasteiger partial charge < -0.3 is 14.5 Å². The highest BCUT2D eigenvalue weighted by Crippen LogP contribution is 2.56. The predicted octanol–water partition coefficient (Wildman–Crippen LogP) is 3.22. The molecule has 5 rings (SSSR count). The van der Waals surface area contributed by atoms with E-state index in [1.165, 1.54) is 32.1 Å². The second-order valence-electron chi connectivity index (χ2n) is 10.6. The van der Waals surface area contributed by atoms with Crippen molar-refractivity contribution in [3.63, 3.8) is 0 Å². The number of hydrogen-bond acceptors (Lipinski definition) is 3. The van der Waals surface area contributed by atoms with Gasteiger partial charge in [-0.15, -0.1) is 0 Å². The zero-order chi connectivity index (χ0) is 19.4. The SMILES string of the molecule is CC1(C(=O)N2CCOC3(CCN(C(=O)CC4CCC5CC45)CC3)C2)CCCC1. The molecule has 5 fully saturated rings. The number of hydrogen-bond donors (Lipinski definition) is 0. The topological polar surface area (TPSA) is 49.9 Å². The van der Waals surface area contributed by atoms with E-state index in [1.807, 2.05) is 0 Å². The molecule has 2 aliphatic heterocycles. The van der Waals surface area contributed by atoms with Crippen molar-refractivity contribution in [2.75, 3.05) is 32.8 Å². The van der Waals surface area contributed by atoms with E-state index < -0.39 is 0 Å². The Hall–Kier alpha value is -1.10. The van der Waals surface area contributed by atoms with Crippen LogP contribution in [-0.4, -0.2) is 60.0 Å². The van der Waals surface area contributed by atoms with Gasteiger partial charge in [0.05, 0.1) is 12.2 Å². The molecule has 5 nitrogen and oxygen atoms in total. The molecule has 2 saturated heterocycles. The summed E-state index contributed by atoms with van der Waals surface area (Å²) in [5.74, 6) is 3.15. The van der Waals surface area contributed by atoms with Gasteiger partial charge in [-0.2, -0.15) is 0 Å². The minimum absolute atomic E-state index is 0.156. The van der Waals surface area contributed by atoms with Crippen LogP contribution in [0.15, 0.2) is 0 Å². The first kappa shape index (κ1) is 18.9. The highest BCUT2D eigenvalue weighted by atomic mass is 16.5. The molecule has 1 spiro atoms. The summed E-state index contributed by atoms with van der Waals surface area (Å²) in [6.45, 7) is 5.82. The van der Waals surface area contributed by atoms with E-state index in [-0.39, 0.29) is 11.0 Å². The van der Waals surface area contributed by atoms with Gasteiger partial charge in [-0.3, -0.25) is 9.59 Å². The van der Waals surface area contributed by atoms with Crippen molar-refractivity contribution in [1.29, 1.82) is 0 Å². The lowest BCUT2D eigenvalue weighted by Gasteiger charge is -2.48. The highest BCUT2D eigenvalue weighted by molar-refractivity contribution is 5.83. The lowest BCUT2D eigenvalue weighted by Crippen LogP contribution is -2.60. The molecule has 2 amide bonds. The third-order valence-corrected chi connectivity index (χ3v) is 8.71. The Kier molecular flexibility index (Phi) is 4.72. The van der Waals surface area contributed by atoms with E-state index in [1.54, 1.807) is 0 Å². The van der Waals surface area contributed by atoms with E-state index in [0.29, 0.717) is 24.3 Å². The lowest BCUT2D eigenvalue weighted by atomic mass is 9.84. The molecule has 0 bridgehead atoms. The van der Waals surface area contributed by atoms with Gasteiger partial charge in [0.25, 0.3) is 0 Å². The molecule has 0 radical (unpaired) electrons. The summed E-state index contributed by atoms with van der Waals surface area (Å²) in [4.78, 5) is 30.1. The summed E-state index contributed by atoms with van der Waals surface area (Å²) in [7, 11) is 0. The maximum Gasteiger partial charge on any atom is 0.228 e. The monoisotopic (exact) mass is 388 g/mol. The Morgan fingerprint density at radius 1 is 1.00 bits per heavy atom. The molecule has 156 valence electrons. The standard InChI is InChI=1S/C23H36N2O3/c1-22(6-2-3-7-22)21(27)25-12-13-28-23(16-25)8-10-24(11-9-23)20(26)15-18-5-4-17-14-19(17)18/h17-19H,2-16H2,1H3. The molecule has 3 unspecified atom stereocenters. The second-order valence-corrected chi connectivity index (χ2v) is 10.6. The third-order valence-electron chi connectivity index (χ3n) is 8.71. The molecule has 0 N–H and O–H groups in total. The summed E-state index contributed by atoms with van der Waals surface area (Å²) in [5.41, 5.74) is -0.383. The van der Waals surface area contributed by atoms with Crippen LogP contribution in [0, 0.1) is 23.2 Å². The average Bonchev–Trinajstić information content (AvgIpc) is 3.18. The number of rotatable bonds is 3. The van der Waals surface area contributed by atoms with E-state index >= 15 is 0 Å². The smallest absolute Gasteiger partial charge is 0.228 e. The van der Waals surface area contributed by atoms with Crippen molar-refractivity contribution in [2.24, 2.45) is 23.2 Å². The van der Waals surface area contributed by atoms with E-state index in [9.17, 15) is 9.59 Å². The van der Waals surface area contributed by atoms with Crippen molar-refractivity contribution >= 4 is 11.8 Å². The fourth-order valence-electron chi connectivity index (χ4n) is 6.66. The summed E-state index contributed by atoms with van der Waals surface area (Å²) in [6, 6.07) is 0.